The minimum absolute atomic E-state index is 0.345. The number of rotatable bonds is 3. The van der Waals surface area contributed by atoms with Gasteiger partial charge in [0.15, 0.2) is 0 Å². The zero-order valence-electron chi connectivity index (χ0n) is 9.68. The van der Waals surface area contributed by atoms with Crippen molar-refractivity contribution in [1.29, 1.82) is 0 Å². The van der Waals surface area contributed by atoms with Gasteiger partial charge in [0.25, 0.3) is 0 Å². The van der Waals surface area contributed by atoms with Gasteiger partial charge in [-0.15, -0.1) is 0 Å². The highest BCUT2D eigenvalue weighted by Crippen LogP contribution is 2.23. The maximum Gasteiger partial charge on any atom is 0.316 e. The van der Waals surface area contributed by atoms with Crippen molar-refractivity contribution in [2.45, 2.75) is 6.92 Å². The minimum atomic E-state index is 0.345. The summed E-state index contributed by atoms with van der Waals surface area (Å²) in [7, 11) is 1.53. The van der Waals surface area contributed by atoms with Crippen LogP contribution < -0.4 is 4.74 Å². The summed E-state index contributed by atoms with van der Waals surface area (Å²) in [6.45, 7) is 1.88. The lowest BCUT2D eigenvalue weighted by Crippen LogP contribution is -1.96. The monoisotopic (exact) mass is 228 g/mol. The first kappa shape index (κ1) is 11.3. The molecule has 0 aliphatic carbocycles. The average molecular weight is 228 g/mol. The molecule has 0 aliphatic rings. The summed E-state index contributed by atoms with van der Waals surface area (Å²) in [6.07, 6.45) is 2.52. The van der Waals surface area contributed by atoms with E-state index >= 15 is 0 Å². The number of carbonyl (C=O) groups excluding carboxylic acids is 1. The zero-order chi connectivity index (χ0) is 12.3. The molecule has 0 spiro atoms. The molecule has 0 fully saturated rings. The first-order chi connectivity index (χ1) is 8.24. The SMILES string of the molecule is COc1ncc(-c2cccc(C=O)c2)c(C)n1. The number of ether oxygens (including phenoxy) is 1. The lowest BCUT2D eigenvalue weighted by Gasteiger charge is -2.06. The molecule has 0 atom stereocenters. The Morgan fingerprint density at radius 1 is 1.35 bits per heavy atom. The molecular weight excluding hydrogens is 216 g/mol. The Morgan fingerprint density at radius 2 is 2.18 bits per heavy atom. The van der Waals surface area contributed by atoms with Gasteiger partial charge in [0.1, 0.15) is 6.29 Å². The molecule has 86 valence electrons. The number of hydrogen-bond donors (Lipinski definition) is 0. The van der Waals surface area contributed by atoms with E-state index in [2.05, 4.69) is 9.97 Å². The smallest absolute Gasteiger partial charge is 0.316 e. The van der Waals surface area contributed by atoms with E-state index in [0.29, 0.717) is 11.6 Å². The lowest BCUT2D eigenvalue weighted by molar-refractivity contribution is 0.112. The zero-order valence-corrected chi connectivity index (χ0v) is 9.68. The number of methoxy groups -OCH3 is 1. The van der Waals surface area contributed by atoms with Crippen molar-refractivity contribution in [2.75, 3.05) is 7.11 Å². The fourth-order valence-corrected chi connectivity index (χ4v) is 1.61. The van der Waals surface area contributed by atoms with Crippen molar-refractivity contribution in [1.82, 2.24) is 9.97 Å². The van der Waals surface area contributed by atoms with E-state index < -0.39 is 0 Å². The maximum absolute atomic E-state index is 10.7. The molecule has 0 N–H and O–H groups in total. The molecule has 1 heterocycles. The second kappa shape index (κ2) is 4.74. The molecule has 0 aliphatic heterocycles. The number of benzene rings is 1. The quantitative estimate of drug-likeness (QED) is 0.756. The minimum Gasteiger partial charge on any atom is -0.467 e. The van der Waals surface area contributed by atoms with Crippen LogP contribution in [0.5, 0.6) is 6.01 Å². The van der Waals surface area contributed by atoms with Crippen LogP contribution in [0.25, 0.3) is 11.1 Å². The molecule has 0 saturated carbocycles. The molecule has 4 nitrogen and oxygen atoms in total. The standard InChI is InChI=1S/C13H12N2O2/c1-9-12(7-14-13(15-9)17-2)11-5-3-4-10(6-11)8-16/h3-8H,1-2H3. The van der Waals surface area contributed by atoms with Crippen molar-refractivity contribution in [3.05, 3.63) is 41.7 Å². The molecule has 17 heavy (non-hydrogen) atoms. The first-order valence-corrected chi connectivity index (χ1v) is 5.18. The Morgan fingerprint density at radius 3 is 2.82 bits per heavy atom. The van der Waals surface area contributed by atoms with E-state index in [1.807, 2.05) is 25.1 Å². The van der Waals surface area contributed by atoms with Crippen molar-refractivity contribution < 1.29 is 9.53 Å². The Kier molecular flexibility index (Phi) is 3.14. The van der Waals surface area contributed by atoms with E-state index in [0.717, 1.165) is 23.1 Å². The molecule has 0 radical (unpaired) electrons. The summed E-state index contributed by atoms with van der Waals surface area (Å²) in [6, 6.07) is 7.67. The van der Waals surface area contributed by atoms with Crippen LogP contribution in [0.4, 0.5) is 0 Å². The maximum atomic E-state index is 10.7. The predicted molar refractivity (Wildman–Crippen MR) is 64.1 cm³/mol. The number of nitrogens with zero attached hydrogens (tertiary/aromatic N) is 2. The molecular formula is C13H12N2O2. The van der Waals surface area contributed by atoms with Gasteiger partial charge in [0.05, 0.1) is 12.8 Å². The molecule has 0 unspecified atom stereocenters. The molecule has 0 amide bonds. The molecule has 1 aromatic heterocycles. The van der Waals surface area contributed by atoms with Crippen molar-refractivity contribution in [2.24, 2.45) is 0 Å². The van der Waals surface area contributed by atoms with E-state index in [9.17, 15) is 4.79 Å². The number of aldehydes is 1. The summed E-state index contributed by atoms with van der Waals surface area (Å²) in [5, 5.41) is 0. The van der Waals surface area contributed by atoms with Crippen molar-refractivity contribution >= 4 is 6.29 Å². The summed E-state index contributed by atoms with van der Waals surface area (Å²) >= 11 is 0. The van der Waals surface area contributed by atoms with Crippen LogP contribution in [0.15, 0.2) is 30.5 Å². The third-order valence-electron chi connectivity index (χ3n) is 2.47. The van der Waals surface area contributed by atoms with Gasteiger partial charge in [-0.25, -0.2) is 4.98 Å². The van der Waals surface area contributed by atoms with Gasteiger partial charge in [0, 0.05) is 17.3 Å². The van der Waals surface area contributed by atoms with Crippen LogP contribution in [0, 0.1) is 6.92 Å². The molecule has 0 saturated heterocycles. The Bertz CT molecular complexity index is 553. The number of aromatic nitrogens is 2. The normalized spacial score (nSPS) is 10.0. The van der Waals surface area contributed by atoms with Gasteiger partial charge in [-0.1, -0.05) is 18.2 Å². The van der Waals surface area contributed by atoms with Gasteiger partial charge in [-0.05, 0) is 18.6 Å². The Balaban J connectivity index is 2.48. The largest absolute Gasteiger partial charge is 0.467 e. The summed E-state index contributed by atoms with van der Waals surface area (Å²) in [4.78, 5) is 19.0. The second-order valence-electron chi connectivity index (χ2n) is 3.60. The first-order valence-electron chi connectivity index (χ1n) is 5.18. The highest BCUT2D eigenvalue weighted by atomic mass is 16.5. The number of carbonyl (C=O) groups is 1. The third kappa shape index (κ3) is 2.30. The number of hydrogen-bond acceptors (Lipinski definition) is 4. The van der Waals surface area contributed by atoms with E-state index in [1.165, 1.54) is 7.11 Å². The van der Waals surface area contributed by atoms with Gasteiger partial charge in [0.2, 0.25) is 0 Å². The van der Waals surface area contributed by atoms with Crippen LogP contribution in [-0.2, 0) is 0 Å². The fourth-order valence-electron chi connectivity index (χ4n) is 1.61. The van der Waals surface area contributed by atoms with Crippen molar-refractivity contribution in [3.8, 4) is 17.1 Å². The highest BCUT2D eigenvalue weighted by Gasteiger charge is 2.06. The Hall–Kier alpha value is -2.23. The van der Waals surface area contributed by atoms with E-state index in [-0.39, 0.29) is 0 Å². The van der Waals surface area contributed by atoms with Crippen LogP contribution in [0.3, 0.4) is 0 Å². The van der Waals surface area contributed by atoms with E-state index in [4.69, 9.17) is 4.74 Å². The molecule has 0 bridgehead atoms. The fraction of sp³-hybridized carbons (Fsp3) is 0.154. The van der Waals surface area contributed by atoms with Crippen LogP contribution >= 0.6 is 0 Å². The van der Waals surface area contributed by atoms with Crippen LogP contribution in [0.2, 0.25) is 0 Å². The van der Waals surface area contributed by atoms with Crippen LogP contribution in [-0.4, -0.2) is 23.4 Å². The van der Waals surface area contributed by atoms with Crippen molar-refractivity contribution in [3.63, 3.8) is 0 Å². The number of aryl methyl sites for hydroxylation is 1. The van der Waals surface area contributed by atoms with Gasteiger partial charge in [-0.2, -0.15) is 4.98 Å². The summed E-state index contributed by atoms with van der Waals surface area (Å²) in [5.74, 6) is 0. The molecule has 2 aromatic rings. The Labute approximate surface area is 99.3 Å². The third-order valence-corrected chi connectivity index (χ3v) is 2.47. The highest BCUT2D eigenvalue weighted by molar-refractivity contribution is 5.79. The van der Waals surface area contributed by atoms with Gasteiger partial charge in [-0.3, -0.25) is 4.79 Å². The predicted octanol–water partition coefficient (Wildman–Crippen LogP) is 2.27. The topological polar surface area (TPSA) is 52.1 Å². The summed E-state index contributed by atoms with van der Waals surface area (Å²) < 4.78 is 4.95. The van der Waals surface area contributed by atoms with Crippen LogP contribution in [0.1, 0.15) is 16.1 Å². The van der Waals surface area contributed by atoms with E-state index in [1.54, 1.807) is 12.3 Å². The lowest BCUT2D eigenvalue weighted by atomic mass is 10.0. The molecule has 1 aromatic carbocycles. The average Bonchev–Trinajstić information content (AvgIpc) is 2.38. The van der Waals surface area contributed by atoms with Gasteiger partial charge < -0.3 is 4.74 Å². The second-order valence-corrected chi connectivity index (χ2v) is 3.60. The molecule has 4 heteroatoms. The molecule has 2 rings (SSSR count). The summed E-state index contributed by atoms with van der Waals surface area (Å²) in [5.41, 5.74) is 3.28. The van der Waals surface area contributed by atoms with Gasteiger partial charge >= 0.3 is 6.01 Å².